The molecule has 0 saturated heterocycles. The number of aromatic hydroxyl groups is 1. The van der Waals surface area contributed by atoms with E-state index in [1.807, 2.05) is 13.0 Å². The molecule has 5 heteroatoms. The minimum Gasteiger partial charge on any atom is -0.504 e. The Hall–Kier alpha value is -1.23. The SMILES string of the molecule is Cc1ccc(-n2ncc(O)c2Br)o1. The van der Waals surface area contributed by atoms with Crippen LogP contribution in [0.15, 0.2) is 27.3 Å². The minimum atomic E-state index is 0.0917. The lowest BCUT2D eigenvalue weighted by atomic mass is 10.5. The molecule has 0 aliphatic carbocycles. The number of aryl methyl sites for hydroxylation is 1. The van der Waals surface area contributed by atoms with Gasteiger partial charge in [0.05, 0.1) is 6.20 Å². The number of rotatable bonds is 1. The molecule has 0 spiro atoms. The largest absolute Gasteiger partial charge is 0.504 e. The van der Waals surface area contributed by atoms with Gasteiger partial charge in [0.15, 0.2) is 10.4 Å². The van der Waals surface area contributed by atoms with Crippen molar-refractivity contribution in [3.05, 3.63) is 28.7 Å². The maximum atomic E-state index is 9.24. The molecule has 0 unspecified atom stereocenters. The van der Waals surface area contributed by atoms with Crippen molar-refractivity contribution < 1.29 is 9.52 Å². The van der Waals surface area contributed by atoms with E-state index >= 15 is 0 Å². The predicted octanol–water partition coefficient (Wildman–Crippen LogP) is 2.24. The van der Waals surface area contributed by atoms with Crippen LogP contribution in [-0.4, -0.2) is 14.9 Å². The van der Waals surface area contributed by atoms with E-state index in [1.165, 1.54) is 10.9 Å². The van der Waals surface area contributed by atoms with E-state index in [0.29, 0.717) is 10.5 Å². The summed E-state index contributed by atoms with van der Waals surface area (Å²) >= 11 is 3.19. The lowest BCUT2D eigenvalue weighted by molar-refractivity contribution is 0.466. The number of hydrogen-bond donors (Lipinski definition) is 1. The second kappa shape index (κ2) is 2.92. The number of halogens is 1. The van der Waals surface area contributed by atoms with E-state index in [1.54, 1.807) is 6.07 Å². The van der Waals surface area contributed by atoms with Crippen LogP contribution in [0.1, 0.15) is 5.76 Å². The maximum Gasteiger partial charge on any atom is 0.221 e. The first-order valence-corrected chi connectivity index (χ1v) is 4.47. The van der Waals surface area contributed by atoms with Crippen LogP contribution in [-0.2, 0) is 0 Å². The Morgan fingerprint density at radius 3 is 2.77 bits per heavy atom. The molecule has 2 heterocycles. The van der Waals surface area contributed by atoms with Crippen molar-refractivity contribution in [2.45, 2.75) is 6.92 Å². The van der Waals surface area contributed by atoms with Crippen molar-refractivity contribution in [3.8, 4) is 11.6 Å². The fourth-order valence-electron chi connectivity index (χ4n) is 1.01. The second-order valence-electron chi connectivity index (χ2n) is 2.62. The Morgan fingerprint density at radius 1 is 1.54 bits per heavy atom. The molecule has 2 rings (SSSR count). The van der Waals surface area contributed by atoms with Crippen LogP contribution in [0.25, 0.3) is 5.88 Å². The average Bonchev–Trinajstić information content (AvgIpc) is 2.62. The summed E-state index contributed by atoms with van der Waals surface area (Å²) in [6, 6.07) is 3.62. The summed E-state index contributed by atoms with van der Waals surface area (Å²) in [5.41, 5.74) is 0. The predicted molar refractivity (Wildman–Crippen MR) is 49.9 cm³/mol. The third-order valence-electron chi connectivity index (χ3n) is 1.63. The summed E-state index contributed by atoms with van der Waals surface area (Å²) in [4.78, 5) is 0. The molecule has 0 saturated carbocycles. The average molecular weight is 243 g/mol. The Bertz CT molecular complexity index is 433. The first-order chi connectivity index (χ1) is 6.18. The zero-order valence-electron chi connectivity index (χ0n) is 6.86. The van der Waals surface area contributed by atoms with E-state index in [-0.39, 0.29) is 5.75 Å². The quantitative estimate of drug-likeness (QED) is 0.835. The van der Waals surface area contributed by atoms with E-state index in [9.17, 15) is 5.11 Å². The van der Waals surface area contributed by atoms with Crippen LogP contribution in [0.4, 0.5) is 0 Å². The first kappa shape index (κ1) is 8.37. The Morgan fingerprint density at radius 2 is 2.31 bits per heavy atom. The van der Waals surface area contributed by atoms with Gasteiger partial charge in [-0.05, 0) is 28.9 Å². The van der Waals surface area contributed by atoms with Gasteiger partial charge in [-0.15, -0.1) is 0 Å². The second-order valence-corrected chi connectivity index (χ2v) is 3.37. The van der Waals surface area contributed by atoms with Crippen LogP contribution in [0.5, 0.6) is 5.75 Å². The smallest absolute Gasteiger partial charge is 0.221 e. The van der Waals surface area contributed by atoms with Crippen molar-refractivity contribution >= 4 is 15.9 Å². The fraction of sp³-hybridized carbons (Fsp3) is 0.125. The standard InChI is InChI=1S/C8H7BrN2O2/c1-5-2-3-7(13-5)11-8(9)6(12)4-10-11/h2-4,12H,1H3. The highest BCUT2D eigenvalue weighted by molar-refractivity contribution is 9.10. The van der Waals surface area contributed by atoms with Crippen molar-refractivity contribution in [1.82, 2.24) is 9.78 Å². The molecule has 0 fully saturated rings. The highest BCUT2D eigenvalue weighted by atomic mass is 79.9. The van der Waals surface area contributed by atoms with Crippen LogP contribution < -0.4 is 0 Å². The molecule has 4 nitrogen and oxygen atoms in total. The summed E-state index contributed by atoms with van der Waals surface area (Å²) < 4.78 is 7.29. The van der Waals surface area contributed by atoms with Gasteiger partial charge in [-0.2, -0.15) is 9.78 Å². The summed E-state index contributed by atoms with van der Waals surface area (Å²) in [6.07, 6.45) is 1.35. The van der Waals surface area contributed by atoms with Gasteiger partial charge >= 0.3 is 0 Å². The minimum absolute atomic E-state index is 0.0917. The lowest BCUT2D eigenvalue weighted by Gasteiger charge is -1.96. The number of aromatic nitrogens is 2. The molecule has 0 atom stereocenters. The molecule has 13 heavy (non-hydrogen) atoms. The van der Waals surface area contributed by atoms with Crippen LogP contribution >= 0.6 is 15.9 Å². The first-order valence-electron chi connectivity index (χ1n) is 3.68. The zero-order valence-corrected chi connectivity index (χ0v) is 8.45. The van der Waals surface area contributed by atoms with Gasteiger partial charge in [-0.1, -0.05) is 0 Å². The molecule has 68 valence electrons. The van der Waals surface area contributed by atoms with Gasteiger partial charge in [0.25, 0.3) is 0 Å². The van der Waals surface area contributed by atoms with Crippen LogP contribution in [0, 0.1) is 6.92 Å². The molecule has 0 aromatic carbocycles. The maximum absolute atomic E-state index is 9.24. The molecule has 0 bridgehead atoms. The Kier molecular flexibility index (Phi) is 1.88. The molecule has 0 aliphatic rings. The van der Waals surface area contributed by atoms with Crippen molar-refractivity contribution in [3.63, 3.8) is 0 Å². The summed E-state index contributed by atoms with van der Waals surface area (Å²) in [5.74, 6) is 1.47. The highest BCUT2D eigenvalue weighted by Crippen LogP contribution is 2.26. The molecule has 2 aromatic rings. The number of furan rings is 1. The van der Waals surface area contributed by atoms with Crippen LogP contribution in [0.2, 0.25) is 0 Å². The van der Waals surface area contributed by atoms with Crippen molar-refractivity contribution in [1.29, 1.82) is 0 Å². The van der Waals surface area contributed by atoms with E-state index in [4.69, 9.17) is 4.42 Å². The molecule has 0 aliphatic heterocycles. The molecule has 0 radical (unpaired) electrons. The zero-order chi connectivity index (χ0) is 9.42. The van der Waals surface area contributed by atoms with E-state index in [2.05, 4.69) is 21.0 Å². The Labute approximate surface area is 82.9 Å². The normalized spacial score (nSPS) is 10.6. The molecular weight excluding hydrogens is 236 g/mol. The third kappa shape index (κ3) is 1.35. The third-order valence-corrected chi connectivity index (χ3v) is 2.37. The molecular formula is C8H7BrN2O2. The van der Waals surface area contributed by atoms with Gasteiger partial charge in [-0.25, -0.2) is 0 Å². The van der Waals surface area contributed by atoms with E-state index in [0.717, 1.165) is 5.76 Å². The molecule has 1 N–H and O–H groups in total. The summed E-state index contributed by atoms with van der Waals surface area (Å²) in [5, 5.41) is 13.2. The summed E-state index contributed by atoms with van der Waals surface area (Å²) in [6.45, 7) is 1.85. The highest BCUT2D eigenvalue weighted by Gasteiger charge is 2.10. The topological polar surface area (TPSA) is 51.2 Å². The van der Waals surface area contributed by atoms with Crippen LogP contribution in [0.3, 0.4) is 0 Å². The molecule has 2 aromatic heterocycles. The van der Waals surface area contributed by atoms with Gasteiger partial charge in [-0.3, -0.25) is 0 Å². The fourth-order valence-corrected chi connectivity index (χ4v) is 1.38. The Balaban J connectivity index is 2.52. The summed E-state index contributed by atoms with van der Waals surface area (Å²) in [7, 11) is 0. The van der Waals surface area contributed by atoms with Gasteiger partial charge < -0.3 is 9.52 Å². The van der Waals surface area contributed by atoms with Gasteiger partial charge in [0.1, 0.15) is 5.76 Å². The van der Waals surface area contributed by atoms with E-state index < -0.39 is 0 Å². The van der Waals surface area contributed by atoms with Crippen molar-refractivity contribution in [2.75, 3.05) is 0 Å². The number of hydrogen-bond acceptors (Lipinski definition) is 3. The lowest BCUT2D eigenvalue weighted by Crippen LogP contribution is -1.93. The van der Waals surface area contributed by atoms with Gasteiger partial charge in [0, 0.05) is 6.07 Å². The van der Waals surface area contributed by atoms with Gasteiger partial charge in [0.2, 0.25) is 5.88 Å². The van der Waals surface area contributed by atoms with Crippen molar-refractivity contribution in [2.24, 2.45) is 0 Å². The number of nitrogens with zero attached hydrogens (tertiary/aromatic N) is 2. The molecule has 0 amide bonds. The monoisotopic (exact) mass is 242 g/mol.